The van der Waals surface area contributed by atoms with Gasteiger partial charge < -0.3 is 10.2 Å². The lowest BCUT2D eigenvalue weighted by Crippen LogP contribution is -2.49. The largest absolute Gasteiger partial charge is 0.354 e. The molecule has 0 spiro atoms. The highest BCUT2D eigenvalue weighted by atomic mass is 35.5. The monoisotopic (exact) mass is 480 g/mol. The van der Waals surface area contributed by atoms with Gasteiger partial charge in [0, 0.05) is 46.6 Å². The maximum absolute atomic E-state index is 13.2. The minimum Gasteiger partial charge on any atom is -0.354 e. The van der Waals surface area contributed by atoms with Crippen LogP contribution in [0.2, 0.25) is 10.0 Å². The Morgan fingerprint density at radius 3 is 2.32 bits per heavy atom. The van der Waals surface area contributed by atoms with E-state index in [1.54, 1.807) is 34.9 Å². The maximum Gasteiger partial charge on any atom is 0.242 e. The van der Waals surface area contributed by atoms with Gasteiger partial charge in [-0.05, 0) is 30.5 Å². The van der Waals surface area contributed by atoms with Gasteiger partial charge in [-0.3, -0.25) is 9.59 Å². The molecule has 4 nitrogen and oxygen atoms in total. The average Bonchev–Trinajstić information content (AvgIpc) is 2.77. The van der Waals surface area contributed by atoms with Crippen molar-refractivity contribution in [2.45, 2.75) is 51.4 Å². The highest BCUT2D eigenvalue weighted by Gasteiger charge is 2.29. The SMILES string of the molecule is CCCNC(=O)C(CC)N(Cc1c(Cl)cccc1Cl)C(=O)CCSCc1ccccc1. The third-order valence-electron chi connectivity index (χ3n) is 4.90. The van der Waals surface area contributed by atoms with E-state index in [0.717, 1.165) is 12.2 Å². The molecule has 2 amide bonds. The summed E-state index contributed by atoms with van der Waals surface area (Å²) >= 11 is 14.4. The Kier molecular flexibility index (Phi) is 11.3. The Morgan fingerprint density at radius 2 is 1.71 bits per heavy atom. The van der Waals surface area contributed by atoms with E-state index in [1.165, 1.54) is 5.56 Å². The second-order valence-corrected chi connectivity index (χ2v) is 9.14. The van der Waals surface area contributed by atoms with Crippen LogP contribution in [-0.4, -0.2) is 35.1 Å². The molecule has 0 radical (unpaired) electrons. The summed E-state index contributed by atoms with van der Waals surface area (Å²) in [5.41, 5.74) is 1.89. The van der Waals surface area contributed by atoms with Crippen LogP contribution in [0.3, 0.4) is 0 Å². The van der Waals surface area contributed by atoms with Gasteiger partial charge in [-0.25, -0.2) is 0 Å². The predicted molar refractivity (Wildman–Crippen MR) is 132 cm³/mol. The number of hydrogen-bond donors (Lipinski definition) is 1. The molecule has 0 saturated heterocycles. The summed E-state index contributed by atoms with van der Waals surface area (Å²) in [4.78, 5) is 27.6. The predicted octanol–water partition coefficient (Wildman–Crippen LogP) is 5.95. The molecule has 0 bridgehead atoms. The van der Waals surface area contributed by atoms with Gasteiger partial charge in [0.15, 0.2) is 0 Å². The molecule has 168 valence electrons. The molecular weight excluding hydrogens is 451 g/mol. The van der Waals surface area contributed by atoms with E-state index < -0.39 is 6.04 Å². The van der Waals surface area contributed by atoms with E-state index >= 15 is 0 Å². The van der Waals surface area contributed by atoms with Crippen molar-refractivity contribution in [2.75, 3.05) is 12.3 Å². The van der Waals surface area contributed by atoms with Crippen molar-refractivity contribution in [1.29, 1.82) is 0 Å². The Hall–Kier alpha value is -1.69. The van der Waals surface area contributed by atoms with Crippen LogP contribution in [0.1, 0.15) is 44.2 Å². The molecule has 2 rings (SSSR count). The standard InChI is InChI=1S/C24H30Cl2N2O2S/c1-3-14-27-24(30)22(4-2)28(16-19-20(25)11-8-12-21(19)26)23(29)13-15-31-17-18-9-6-5-7-10-18/h5-12,22H,3-4,13-17H2,1-2H3,(H,27,30). The molecule has 31 heavy (non-hydrogen) atoms. The average molecular weight is 481 g/mol. The van der Waals surface area contributed by atoms with E-state index in [2.05, 4.69) is 17.4 Å². The van der Waals surface area contributed by atoms with E-state index in [4.69, 9.17) is 23.2 Å². The summed E-state index contributed by atoms with van der Waals surface area (Å²) in [6.45, 7) is 4.70. The molecule has 0 heterocycles. The summed E-state index contributed by atoms with van der Waals surface area (Å²) in [7, 11) is 0. The van der Waals surface area contributed by atoms with Gasteiger partial charge in [-0.15, -0.1) is 0 Å². The minimum atomic E-state index is -0.564. The molecule has 0 saturated carbocycles. The van der Waals surface area contributed by atoms with Crippen molar-refractivity contribution in [3.05, 3.63) is 69.7 Å². The second kappa shape index (κ2) is 13.7. The van der Waals surface area contributed by atoms with Gasteiger partial charge in [-0.2, -0.15) is 11.8 Å². The fourth-order valence-corrected chi connectivity index (χ4v) is 4.62. The van der Waals surface area contributed by atoms with E-state index in [9.17, 15) is 9.59 Å². The normalized spacial score (nSPS) is 11.7. The highest BCUT2D eigenvalue weighted by molar-refractivity contribution is 7.98. The number of nitrogens with one attached hydrogen (secondary N) is 1. The molecule has 1 atom stereocenters. The third-order valence-corrected chi connectivity index (χ3v) is 6.64. The number of benzene rings is 2. The molecule has 0 fully saturated rings. The number of halogens is 2. The van der Waals surface area contributed by atoms with Crippen molar-refractivity contribution in [3.63, 3.8) is 0 Å². The Balaban J connectivity index is 2.11. The molecular formula is C24H30Cl2N2O2S. The van der Waals surface area contributed by atoms with Gasteiger partial charge in [-0.1, -0.05) is 73.4 Å². The number of hydrogen-bond acceptors (Lipinski definition) is 3. The molecule has 0 aliphatic heterocycles. The molecule has 1 N–H and O–H groups in total. The van der Waals surface area contributed by atoms with E-state index in [0.29, 0.717) is 40.7 Å². The zero-order valence-corrected chi connectivity index (χ0v) is 20.4. The van der Waals surface area contributed by atoms with Crippen LogP contribution in [0, 0.1) is 0 Å². The lowest BCUT2D eigenvalue weighted by molar-refractivity contribution is -0.141. The lowest BCUT2D eigenvalue weighted by Gasteiger charge is -2.31. The number of amides is 2. The smallest absolute Gasteiger partial charge is 0.242 e. The summed E-state index contributed by atoms with van der Waals surface area (Å²) in [6.07, 6.45) is 1.69. The Labute approximate surface area is 199 Å². The van der Waals surface area contributed by atoms with E-state index in [1.807, 2.05) is 32.0 Å². The molecule has 2 aromatic rings. The van der Waals surface area contributed by atoms with Crippen LogP contribution < -0.4 is 5.32 Å². The summed E-state index contributed by atoms with van der Waals surface area (Å²) < 4.78 is 0. The second-order valence-electron chi connectivity index (χ2n) is 7.23. The molecule has 2 aromatic carbocycles. The Morgan fingerprint density at radius 1 is 1.03 bits per heavy atom. The van der Waals surface area contributed by atoms with Gasteiger partial charge in [0.25, 0.3) is 0 Å². The molecule has 0 aliphatic rings. The topological polar surface area (TPSA) is 49.4 Å². The highest BCUT2D eigenvalue weighted by Crippen LogP contribution is 2.27. The van der Waals surface area contributed by atoms with Crippen LogP contribution in [-0.2, 0) is 21.9 Å². The van der Waals surface area contributed by atoms with Crippen LogP contribution in [0.25, 0.3) is 0 Å². The zero-order valence-electron chi connectivity index (χ0n) is 18.1. The quantitative estimate of drug-likeness (QED) is 0.381. The number of rotatable bonds is 12. The van der Waals surface area contributed by atoms with Crippen LogP contribution in [0.15, 0.2) is 48.5 Å². The summed E-state index contributed by atoms with van der Waals surface area (Å²) in [5, 5.41) is 3.90. The first kappa shape index (κ1) is 25.6. The van der Waals surface area contributed by atoms with Crippen LogP contribution >= 0.6 is 35.0 Å². The van der Waals surface area contributed by atoms with Gasteiger partial charge in [0.2, 0.25) is 11.8 Å². The minimum absolute atomic E-state index is 0.0740. The van der Waals surface area contributed by atoms with Crippen molar-refractivity contribution < 1.29 is 9.59 Å². The van der Waals surface area contributed by atoms with Crippen molar-refractivity contribution in [1.82, 2.24) is 10.2 Å². The molecule has 0 aliphatic carbocycles. The lowest BCUT2D eigenvalue weighted by atomic mass is 10.1. The maximum atomic E-state index is 13.2. The molecule has 0 aromatic heterocycles. The van der Waals surface area contributed by atoms with Crippen LogP contribution in [0.4, 0.5) is 0 Å². The van der Waals surface area contributed by atoms with Gasteiger partial charge in [0.1, 0.15) is 6.04 Å². The first-order valence-corrected chi connectivity index (χ1v) is 12.5. The fraction of sp³-hybridized carbons (Fsp3) is 0.417. The van der Waals surface area contributed by atoms with Crippen molar-refractivity contribution in [3.8, 4) is 0 Å². The van der Waals surface area contributed by atoms with Gasteiger partial charge >= 0.3 is 0 Å². The number of nitrogens with zero attached hydrogens (tertiary/aromatic N) is 1. The fourth-order valence-electron chi connectivity index (χ4n) is 3.21. The Bertz CT molecular complexity index is 828. The summed E-state index contributed by atoms with van der Waals surface area (Å²) in [6, 6.07) is 14.9. The molecule has 7 heteroatoms. The van der Waals surface area contributed by atoms with Crippen molar-refractivity contribution >= 4 is 46.8 Å². The first-order valence-electron chi connectivity index (χ1n) is 10.6. The number of carbonyl (C=O) groups excluding carboxylic acids is 2. The van der Waals surface area contributed by atoms with Gasteiger partial charge in [0.05, 0.1) is 0 Å². The summed E-state index contributed by atoms with van der Waals surface area (Å²) in [5.74, 6) is 1.31. The first-order chi connectivity index (χ1) is 15.0. The van der Waals surface area contributed by atoms with Crippen molar-refractivity contribution in [2.24, 2.45) is 0 Å². The number of thioether (sulfide) groups is 1. The molecule has 1 unspecified atom stereocenters. The third kappa shape index (κ3) is 8.06. The van der Waals surface area contributed by atoms with Crippen LogP contribution in [0.5, 0.6) is 0 Å². The van der Waals surface area contributed by atoms with E-state index in [-0.39, 0.29) is 18.4 Å². The zero-order chi connectivity index (χ0) is 22.6. The number of carbonyl (C=O) groups is 2.